The van der Waals surface area contributed by atoms with E-state index in [2.05, 4.69) is 0 Å². The molecule has 0 aliphatic rings. The lowest BCUT2D eigenvalue weighted by Crippen LogP contribution is -2.16. The lowest BCUT2D eigenvalue weighted by atomic mass is 10.1. The Morgan fingerprint density at radius 2 is 2.14 bits per heavy atom. The largest absolute Gasteiger partial charge is 0.506 e. The second kappa shape index (κ2) is 4.84. The van der Waals surface area contributed by atoms with Crippen molar-refractivity contribution < 1.29 is 9.84 Å². The molecule has 0 amide bonds. The average molecular weight is 236 g/mol. The maximum atomic E-state index is 9.62. The van der Waals surface area contributed by atoms with E-state index in [1.807, 2.05) is 0 Å². The molecule has 0 radical (unpaired) electrons. The van der Waals surface area contributed by atoms with Crippen LogP contribution in [0.1, 0.15) is 11.6 Å². The second-order valence-corrected chi connectivity index (χ2v) is 3.65. The van der Waals surface area contributed by atoms with Crippen LogP contribution in [0.4, 0.5) is 0 Å². The number of ether oxygens (including phenoxy) is 1. The molecule has 0 saturated heterocycles. The third-order valence-corrected chi connectivity index (χ3v) is 2.64. The predicted molar refractivity (Wildman–Crippen MR) is 56.9 cm³/mol. The van der Waals surface area contributed by atoms with Gasteiger partial charge in [0.05, 0.1) is 17.7 Å². The number of halogens is 2. The van der Waals surface area contributed by atoms with Gasteiger partial charge in [0.1, 0.15) is 10.8 Å². The first-order valence-electron chi connectivity index (χ1n) is 3.99. The zero-order valence-electron chi connectivity index (χ0n) is 7.63. The molecule has 3 nitrogen and oxygen atoms in total. The third kappa shape index (κ3) is 2.30. The Hall–Kier alpha value is -0.480. The lowest BCUT2D eigenvalue weighted by molar-refractivity contribution is 0.180. The zero-order valence-corrected chi connectivity index (χ0v) is 9.14. The minimum Gasteiger partial charge on any atom is -0.506 e. The zero-order chi connectivity index (χ0) is 10.7. The van der Waals surface area contributed by atoms with Crippen molar-refractivity contribution in [3.63, 3.8) is 0 Å². The van der Waals surface area contributed by atoms with Crippen molar-refractivity contribution >= 4 is 23.2 Å². The summed E-state index contributed by atoms with van der Waals surface area (Å²) in [5, 5.41) is 10.0. The number of aromatic hydroxyl groups is 1. The van der Waals surface area contributed by atoms with E-state index in [1.54, 1.807) is 12.1 Å². The first kappa shape index (κ1) is 11.6. The molecule has 0 unspecified atom stereocenters. The molecule has 5 heteroatoms. The molecule has 0 heterocycles. The maximum absolute atomic E-state index is 9.62. The van der Waals surface area contributed by atoms with Gasteiger partial charge in [-0.3, -0.25) is 0 Å². The van der Waals surface area contributed by atoms with Gasteiger partial charge in [0.25, 0.3) is 0 Å². The van der Waals surface area contributed by atoms with E-state index in [1.165, 1.54) is 7.11 Å². The molecule has 0 bridgehead atoms. The van der Waals surface area contributed by atoms with E-state index in [9.17, 15) is 5.11 Å². The molecule has 14 heavy (non-hydrogen) atoms. The highest BCUT2D eigenvalue weighted by Crippen LogP contribution is 2.36. The Morgan fingerprint density at radius 3 is 2.71 bits per heavy atom. The van der Waals surface area contributed by atoms with Gasteiger partial charge in [0.15, 0.2) is 0 Å². The monoisotopic (exact) mass is 235 g/mol. The summed E-state index contributed by atoms with van der Waals surface area (Å²) in [6, 6.07) is 2.82. The molecular weight excluding hydrogens is 225 g/mol. The molecule has 0 aliphatic heterocycles. The number of methoxy groups -OCH3 is 1. The van der Waals surface area contributed by atoms with Crippen molar-refractivity contribution in [3.8, 4) is 5.75 Å². The van der Waals surface area contributed by atoms with E-state index >= 15 is 0 Å². The van der Waals surface area contributed by atoms with Crippen molar-refractivity contribution in [3.05, 3.63) is 27.7 Å². The van der Waals surface area contributed by atoms with E-state index in [0.29, 0.717) is 17.2 Å². The summed E-state index contributed by atoms with van der Waals surface area (Å²) >= 11 is 11.5. The predicted octanol–water partition coefficient (Wildman–Crippen LogP) is 2.35. The molecule has 0 spiro atoms. The second-order valence-electron chi connectivity index (χ2n) is 2.86. The standard InChI is InChI=1S/C9H11Cl2NO2/c1-14-4-7(12)5-2-3-6(10)8(11)9(5)13/h2-3,7,13H,4,12H2,1H3/t7-/m1/s1. The van der Waals surface area contributed by atoms with Gasteiger partial charge in [-0.25, -0.2) is 0 Å². The van der Waals surface area contributed by atoms with Crippen LogP contribution in [0.25, 0.3) is 0 Å². The number of hydrogen-bond donors (Lipinski definition) is 2. The van der Waals surface area contributed by atoms with Gasteiger partial charge in [-0.15, -0.1) is 0 Å². The van der Waals surface area contributed by atoms with Crippen molar-refractivity contribution in [2.75, 3.05) is 13.7 Å². The quantitative estimate of drug-likeness (QED) is 0.846. The van der Waals surface area contributed by atoms with Crippen molar-refractivity contribution in [1.82, 2.24) is 0 Å². The highest BCUT2D eigenvalue weighted by molar-refractivity contribution is 6.43. The molecule has 3 N–H and O–H groups in total. The Balaban J connectivity index is 3.04. The minimum absolute atomic E-state index is 0.0799. The van der Waals surface area contributed by atoms with E-state index in [0.717, 1.165) is 0 Å². The molecule has 1 rings (SSSR count). The van der Waals surface area contributed by atoms with Crippen LogP contribution in [-0.4, -0.2) is 18.8 Å². The molecule has 1 aromatic rings. The molecule has 0 saturated carbocycles. The Morgan fingerprint density at radius 1 is 1.50 bits per heavy atom. The van der Waals surface area contributed by atoms with Crippen LogP contribution in [0.5, 0.6) is 5.75 Å². The van der Waals surface area contributed by atoms with E-state index in [4.69, 9.17) is 33.7 Å². The third-order valence-electron chi connectivity index (χ3n) is 1.85. The van der Waals surface area contributed by atoms with Gasteiger partial charge in [-0.05, 0) is 6.07 Å². The SMILES string of the molecule is COC[C@@H](N)c1ccc(Cl)c(Cl)c1O. The van der Waals surface area contributed by atoms with Gasteiger partial charge >= 0.3 is 0 Å². The van der Waals surface area contributed by atoms with Crippen LogP contribution >= 0.6 is 23.2 Å². The minimum atomic E-state index is -0.408. The Labute approximate surface area is 92.4 Å². The highest BCUT2D eigenvalue weighted by atomic mass is 35.5. The normalized spacial score (nSPS) is 12.9. The summed E-state index contributed by atoms with van der Waals surface area (Å²) < 4.78 is 4.87. The molecule has 78 valence electrons. The maximum Gasteiger partial charge on any atom is 0.140 e. The Bertz CT molecular complexity index is 331. The molecule has 0 aromatic heterocycles. The summed E-state index contributed by atoms with van der Waals surface area (Å²) in [5.74, 6) is -0.0799. The van der Waals surface area contributed by atoms with E-state index < -0.39 is 6.04 Å². The number of rotatable bonds is 3. The fourth-order valence-corrected chi connectivity index (χ4v) is 1.45. The number of phenolic OH excluding ortho intramolecular Hbond substituents is 1. The molecular formula is C9H11Cl2NO2. The average Bonchev–Trinajstić information content (AvgIpc) is 2.15. The van der Waals surface area contributed by atoms with Crippen molar-refractivity contribution in [2.24, 2.45) is 5.73 Å². The van der Waals surface area contributed by atoms with Crippen molar-refractivity contribution in [2.45, 2.75) is 6.04 Å². The van der Waals surface area contributed by atoms with Gasteiger partial charge in [0, 0.05) is 12.7 Å². The molecule has 0 fully saturated rings. The number of nitrogens with two attached hydrogens (primary N) is 1. The van der Waals surface area contributed by atoms with Gasteiger partial charge < -0.3 is 15.6 Å². The smallest absolute Gasteiger partial charge is 0.140 e. The Kier molecular flexibility index (Phi) is 4.01. The molecule has 1 atom stereocenters. The summed E-state index contributed by atoms with van der Waals surface area (Å²) in [6.45, 7) is 0.311. The van der Waals surface area contributed by atoms with E-state index in [-0.39, 0.29) is 10.8 Å². The number of hydrogen-bond acceptors (Lipinski definition) is 3. The summed E-state index contributed by atoms with van der Waals surface area (Å²) in [5.41, 5.74) is 6.27. The first-order chi connectivity index (χ1) is 6.57. The van der Waals surface area contributed by atoms with Crippen LogP contribution in [-0.2, 0) is 4.74 Å². The summed E-state index contributed by atoms with van der Waals surface area (Å²) in [6.07, 6.45) is 0. The van der Waals surface area contributed by atoms with Crippen molar-refractivity contribution in [1.29, 1.82) is 0 Å². The molecule has 1 aromatic carbocycles. The van der Waals surface area contributed by atoms with Gasteiger partial charge in [0.2, 0.25) is 0 Å². The summed E-state index contributed by atoms with van der Waals surface area (Å²) in [4.78, 5) is 0. The number of benzene rings is 1. The summed E-state index contributed by atoms with van der Waals surface area (Å²) in [7, 11) is 1.54. The van der Waals surface area contributed by atoms with Crippen LogP contribution in [0.2, 0.25) is 10.0 Å². The van der Waals surface area contributed by atoms with Gasteiger partial charge in [-0.2, -0.15) is 0 Å². The van der Waals surface area contributed by atoms with Crippen LogP contribution in [0.15, 0.2) is 12.1 Å². The fraction of sp³-hybridized carbons (Fsp3) is 0.333. The van der Waals surface area contributed by atoms with Crippen LogP contribution in [0, 0.1) is 0 Å². The van der Waals surface area contributed by atoms with Gasteiger partial charge in [-0.1, -0.05) is 29.3 Å². The molecule has 0 aliphatic carbocycles. The number of phenols is 1. The topological polar surface area (TPSA) is 55.5 Å². The van der Waals surface area contributed by atoms with Crippen LogP contribution in [0.3, 0.4) is 0 Å². The fourth-order valence-electron chi connectivity index (χ4n) is 1.12. The highest BCUT2D eigenvalue weighted by Gasteiger charge is 2.15. The first-order valence-corrected chi connectivity index (χ1v) is 4.75. The van der Waals surface area contributed by atoms with Crippen LogP contribution < -0.4 is 5.73 Å². The lowest BCUT2D eigenvalue weighted by Gasteiger charge is -2.13.